The highest BCUT2D eigenvalue weighted by Crippen LogP contribution is 2.23. The summed E-state index contributed by atoms with van der Waals surface area (Å²) < 4.78 is 10.2. The van der Waals surface area contributed by atoms with E-state index in [1.807, 2.05) is 0 Å². The van der Waals surface area contributed by atoms with E-state index in [0.717, 1.165) is 19.3 Å². The molecule has 2 rings (SSSR count). The molecule has 1 aliphatic rings. The molecule has 0 heterocycles. The Kier molecular flexibility index (Phi) is 6.78. The predicted octanol–water partition coefficient (Wildman–Crippen LogP) is 2.12. The molecule has 6 heteroatoms. The Morgan fingerprint density at radius 2 is 1.96 bits per heavy atom. The lowest BCUT2D eigenvalue weighted by Gasteiger charge is -2.29. The Labute approximate surface area is 141 Å². The Balaban J connectivity index is 1.70. The smallest absolute Gasteiger partial charge is 0.344 e. The molecule has 2 atom stereocenters. The number of hydrogen-bond acceptors (Lipinski definition) is 5. The molecule has 1 saturated carbocycles. The van der Waals surface area contributed by atoms with Gasteiger partial charge in [-0.3, -0.25) is 9.59 Å². The number of para-hydroxylation sites is 1. The van der Waals surface area contributed by atoms with Gasteiger partial charge < -0.3 is 14.8 Å². The summed E-state index contributed by atoms with van der Waals surface area (Å²) in [6.07, 6.45) is 5.03. The van der Waals surface area contributed by atoms with E-state index >= 15 is 0 Å². The number of rotatable bonds is 7. The topological polar surface area (TPSA) is 81.7 Å². The Morgan fingerprint density at radius 1 is 1.21 bits per heavy atom. The largest absolute Gasteiger partial charge is 0.481 e. The van der Waals surface area contributed by atoms with Crippen molar-refractivity contribution in [3.05, 3.63) is 29.8 Å². The SMILES string of the molecule is C[C@@H]1CCCC[C@H]1NC(=O)COC(=O)COc1ccccc1C=O. The number of carbonyl (C=O) groups excluding carboxylic acids is 3. The molecule has 1 aliphatic carbocycles. The highest BCUT2D eigenvalue weighted by atomic mass is 16.6. The van der Waals surface area contributed by atoms with E-state index < -0.39 is 5.97 Å². The van der Waals surface area contributed by atoms with Crippen molar-refractivity contribution >= 4 is 18.2 Å². The molecule has 0 aliphatic heterocycles. The minimum absolute atomic E-state index is 0.153. The van der Waals surface area contributed by atoms with Gasteiger partial charge in [0.05, 0.1) is 5.56 Å². The maximum Gasteiger partial charge on any atom is 0.344 e. The average molecular weight is 333 g/mol. The third-order valence-corrected chi connectivity index (χ3v) is 4.21. The van der Waals surface area contributed by atoms with Crippen molar-refractivity contribution < 1.29 is 23.9 Å². The van der Waals surface area contributed by atoms with E-state index in [2.05, 4.69) is 12.2 Å². The summed E-state index contributed by atoms with van der Waals surface area (Å²) in [5.41, 5.74) is 0.356. The maximum atomic E-state index is 11.9. The zero-order valence-corrected chi connectivity index (χ0v) is 13.8. The van der Waals surface area contributed by atoms with Crippen LogP contribution in [0.3, 0.4) is 0 Å². The summed E-state index contributed by atoms with van der Waals surface area (Å²) in [5.74, 6) is -0.190. The summed E-state index contributed by atoms with van der Waals surface area (Å²) in [6, 6.07) is 6.74. The van der Waals surface area contributed by atoms with E-state index in [1.165, 1.54) is 6.42 Å². The van der Waals surface area contributed by atoms with Crippen LogP contribution in [0, 0.1) is 5.92 Å². The second kappa shape index (κ2) is 9.05. The van der Waals surface area contributed by atoms with Crippen molar-refractivity contribution in [1.29, 1.82) is 0 Å². The van der Waals surface area contributed by atoms with Crippen LogP contribution in [-0.2, 0) is 14.3 Å². The molecule has 24 heavy (non-hydrogen) atoms. The lowest BCUT2D eigenvalue weighted by molar-refractivity contribution is -0.150. The molecule has 0 saturated heterocycles. The Morgan fingerprint density at radius 3 is 2.71 bits per heavy atom. The van der Waals surface area contributed by atoms with Gasteiger partial charge in [-0.05, 0) is 30.9 Å². The van der Waals surface area contributed by atoms with Crippen molar-refractivity contribution in [2.75, 3.05) is 13.2 Å². The van der Waals surface area contributed by atoms with E-state index in [-0.39, 0.29) is 25.2 Å². The van der Waals surface area contributed by atoms with Gasteiger partial charge in [-0.1, -0.05) is 31.9 Å². The Hall–Kier alpha value is -2.37. The Bertz CT molecular complexity index is 587. The maximum absolute atomic E-state index is 11.9. The lowest BCUT2D eigenvalue weighted by Crippen LogP contribution is -2.43. The van der Waals surface area contributed by atoms with Crippen LogP contribution in [0.1, 0.15) is 43.0 Å². The van der Waals surface area contributed by atoms with E-state index in [9.17, 15) is 14.4 Å². The fourth-order valence-electron chi connectivity index (χ4n) is 2.81. The zero-order chi connectivity index (χ0) is 17.4. The third-order valence-electron chi connectivity index (χ3n) is 4.21. The molecule has 1 aromatic rings. The fraction of sp³-hybridized carbons (Fsp3) is 0.500. The molecule has 0 aromatic heterocycles. The predicted molar refractivity (Wildman–Crippen MR) is 87.8 cm³/mol. The molecule has 6 nitrogen and oxygen atoms in total. The quantitative estimate of drug-likeness (QED) is 0.610. The number of hydrogen-bond donors (Lipinski definition) is 1. The van der Waals surface area contributed by atoms with Crippen LogP contribution in [0.2, 0.25) is 0 Å². The first-order valence-corrected chi connectivity index (χ1v) is 8.22. The lowest BCUT2D eigenvalue weighted by atomic mass is 9.86. The highest BCUT2D eigenvalue weighted by molar-refractivity contribution is 5.82. The van der Waals surface area contributed by atoms with Crippen LogP contribution < -0.4 is 10.1 Å². The minimum atomic E-state index is -0.650. The van der Waals surface area contributed by atoms with E-state index in [0.29, 0.717) is 23.5 Å². The molecule has 1 fully saturated rings. The van der Waals surface area contributed by atoms with Crippen molar-refractivity contribution in [3.8, 4) is 5.75 Å². The summed E-state index contributed by atoms with van der Waals surface area (Å²) in [6.45, 7) is 1.45. The van der Waals surface area contributed by atoms with Crippen LogP contribution >= 0.6 is 0 Å². The second-order valence-electron chi connectivity index (χ2n) is 6.04. The number of amides is 1. The molecule has 0 radical (unpaired) electrons. The third kappa shape index (κ3) is 5.37. The molecule has 1 amide bonds. The van der Waals surface area contributed by atoms with Crippen LogP contribution in [0.4, 0.5) is 0 Å². The van der Waals surface area contributed by atoms with E-state index in [1.54, 1.807) is 24.3 Å². The number of benzene rings is 1. The summed E-state index contributed by atoms with van der Waals surface area (Å²) in [4.78, 5) is 34.4. The van der Waals surface area contributed by atoms with Crippen molar-refractivity contribution in [2.24, 2.45) is 5.92 Å². The van der Waals surface area contributed by atoms with Crippen LogP contribution in [-0.4, -0.2) is 37.4 Å². The number of esters is 1. The van der Waals surface area contributed by atoms with Gasteiger partial charge in [0, 0.05) is 6.04 Å². The summed E-state index contributed by atoms with van der Waals surface area (Å²) in [5, 5.41) is 2.91. The normalized spacial score (nSPS) is 20.0. The van der Waals surface area contributed by atoms with Gasteiger partial charge in [0.2, 0.25) is 0 Å². The van der Waals surface area contributed by atoms with Gasteiger partial charge in [0.25, 0.3) is 5.91 Å². The average Bonchev–Trinajstić information content (AvgIpc) is 2.60. The molecular formula is C18H23NO5. The van der Waals surface area contributed by atoms with Gasteiger partial charge in [0.15, 0.2) is 19.5 Å². The van der Waals surface area contributed by atoms with Crippen molar-refractivity contribution in [3.63, 3.8) is 0 Å². The first-order valence-electron chi connectivity index (χ1n) is 8.22. The molecular weight excluding hydrogens is 310 g/mol. The van der Waals surface area contributed by atoms with Gasteiger partial charge in [-0.2, -0.15) is 0 Å². The molecule has 0 unspecified atom stereocenters. The van der Waals surface area contributed by atoms with Gasteiger partial charge in [-0.15, -0.1) is 0 Å². The molecule has 0 bridgehead atoms. The zero-order valence-electron chi connectivity index (χ0n) is 13.8. The second-order valence-corrected chi connectivity index (χ2v) is 6.04. The van der Waals surface area contributed by atoms with Crippen molar-refractivity contribution in [1.82, 2.24) is 5.32 Å². The molecule has 0 spiro atoms. The molecule has 1 N–H and O–H groups in total. The van der Waals surface area contributed by atoms with Crippen molar-refractivity contribution in [2.45, 2.75) is 38.6 Å². The van der Waals surface area contributed by atoms with Crippen LogP contribution in [0.25, 0.3) is 0 Å². The highest BCUT2D eigenvalue weighted by Gasteiger charge is 2.23. The van der Waals surface area contributed by atoms with Crippen LogP contribution in [0.5, 0.6) is 5.75 Å². The number of aldehydes is 1. The van der Waals surface area contributed by atoms with E-state index in [4.69, 9.17) is 9.47 Å². The van der Waals surface area contributed by atoms with Gasteiger partial charge in [-0.25, -0.2) is 4.79 Å². The summed E-state index contributed by atoms with van der Waals surface area (Å²) >= 11 is 0. The first-order chi connectivity index (χ1) is 11.6. The van der Waals surface area contributed by atoms with Gasteiger partial charge in [0.1, 0.15) is 5.75 Å². The molecule has 1 aromatic carbocycles. The number of ether oxygens (including phenoxy) is 2. The van der Waals surface area contributed by atoms with Gasteiger partial charge >= 0.3 is 5.97 Å². The number of nitrogens with one attached hydrogen (secondary N) is 1. The molecule has 130 valence electrons. The first kappa shape index (κ1) is 18.0. The fourth-order valence-corrected chi connectivity index (χ4v) is 2.81. The van der Waals surface area contributed by atoms with Crippen LogP contribution in [0.15, 0.2) is 24.3 Å². The monoisotopic (exact) mass is 333 g/mol. The standard InChI is InChI=1S/C18H23NO5/c1-13-6-2-4-8-15(13)19-17(21)11-24-18(22)12-23-16-9-5-3-7-14(16)10-20/h3,5,7,9-10,13,15H,2,4,6,8,11-12H2,1H3,(H,19,21)/t13-,15-/m1/s1. The minimum Gasteiger partial charge on any atom is -0.481 e. The number of carbonyl (C=O) groups is 3. The summed E-state index contributed by atoms with van der Waals surface area (Å²) in [7, 11) is 0.